The van der Waals surface area contributed by atoms with E-state index in [-0.39, 0.29) is 6.04 Å². The van der Waals surface area contributed by atoms with Crippen molar-refractivity contribution in [3.05, 3.63) is 48.2 Å². The molecule has 2 rings (SSSR count). The molecular formula is C17H22N2O2. The zero-order valence-corrected chi connectivity index (χ0v) is 12.8. The predicted octanol–water partition coefficient (Wildman–Crippen LogP) is 4.05. The van der Waals surface area contributed by atoms with Gasteiger partial charge in [0.15, 0.2) is 0 Å². The highest BCUT2D eigenvalue weighted by Crippen LogP contribution is 2.26. The summed E-state index contributed by atoms with van der Waals surface area (Å²) in [4.78, 5) is 4.19. The maximum absolute atomic E-state index is 5.59. The van der Waals surface area contributed by atoms with Crippen LogP contribution < -0.4 is 14.8 Å². The van der Waals surface area contributed by atoms with Crippen LogP contribution in [0.15, 0.2) is 42.6 Å². The molecule has 0 radical (unpaired) electrons. The van der Waals surface area contributed by atoms with Crippen molar-refractivity contribution in [2.75, 3.05) is 19.0 Å². The first kappa shape index (κ1) is 15.2. The Morgan fingerprint density at radius 1 is 1.19 bits per heavy atom. The van der Waals surface area contributed by atoms with Crippen LogP contribution in [0.25, 0.3) is 0 Å². The van der Waals surface area contributed by atoms with Gasteiger partial charge in [-0.05, 0) is 43.2 Å². The Bertz CT molecular complexity index is 555. The highest BCUT2D eigenvalue weighted by atomic mass is 16.5. The summed E-state index contributed by atoms with van der Waals surface area (Å²) in [5, 5.41) is 3.41. The van der Waals surface area contributed by atoms with Crippen LogP contribution in [0.5, 0.6) is 11.6 Å². The maximum atomic E-state index is 5.59. The first-order chi connectivity index (χ1) is 10.2. The molecule has 112 valence electrons. The van der Waals surface area contributed by atoms with E-state index in [1.807, 2.05) is 24.3 Å². The average Bonchev–Trinajstić information content (AvgIpc) is 2.54. The zero-order chi connectivity index (χ0) is 15.1. The Morgan fingerprint density at radius 2 is 1.95 bits per heavy atom. The highest BCUT2D eigenvalue weighted by Gasteiger charge is 2.09. The second kappa shape index (κ2) is 7.53. The summed E-state index contributed by atoms with van der Waals surface area (Å²) in [6.45, 7) is 4.95. The number of ether oxygens (including phenoxy) is 2. The lowest BCUT2D eigenvalue weighted by Gasteiger charge is -2.17. The van der Waals surface area contributed by atoms with Crippen LogP contribution in [0.3, 0.4) is 0 Å². The van der Waals surface area contributed by atoms with Gasteiger partial charge in [-0.25, -0.2) is 4.98 Å². The summed E-state index contributed by atoms with van der Waals surface area (Å²) in [6.07, 6.45) is 2.73. The van der Waals surface area contributed by atoms with Gasteiger partial charge in [0.05, 0.1) is 19.4 Å². The molecule has 1 aromatic carbocycles. The van der Waals surface area contributed by atoms with E-state index in [1.165, 1.54) is 5.56 Å². The topological polar surface area (TPSA) is 43.4 Å². The molecule has 4 nitrogen and oxygen atoms in total. The summed E-state index contributed by atoms with van der Waals surface area (Å²) in [5.74, 6) is 1.51. The lowest BCUT2D eigenvalue weighted by molar-refractivity contribution is 0.317. The van der Waals surface area contributed by atoms with Gasteiger partial charge in [-0.1, -0.05) is 19.1 Å². The number of rotatable bonds is 7. The summed E-state index contributed by atoms with van der Waals surface area (Å²) in [7, 11) is 1.62. The number of methoxy groups -OCH3 is 1. The Kier molecular flexibility index (Phi) is 5.43. The van der Waals surface area contributed by atoms with Crippen molar-refractivity contribution < 1.29 is 9.47 Å². The molecule has 0 aliphatic rings. The maximum Gasteiger partial charge on any atom is 0.237 e. The third-order valence-corrected chi connectivity index (χ3v) is 3.19. The number of hydrogen-bond acceptors (Lipinski definition) is 4. The van der Waals surface area contributed by atoms with Gasteiger partial charge in [-0.2, -0.15) is 0 Å². The fourth-order valence-electron chi connectivity index (χ4n) is 2.05. The van der Waals surface area contributed by atoms with Crippen LogP contribution in [0.2, 0.25) is 0 Å². The van der Waals surface area contributed by atoms with Gasteiger partial charge in [0.2, 0.25) is 5.88 Å². The smallest absolute Gasteiger partial charge is 0.237 e. The lowest BCUT2D eigenvalue weighted by atomic mass is 10.1. The summed E-state index contributed by atoms with van der Waals surface area (Å²) in [6, 6.07) is 12.2. The molecule has 0 spiro atoms. The summed E-state index contributed by atoms with van der Waals surface area (Å²) < 4.78 is 10.8. The van der Waals surface area contributed by atoms with Crippen LogP contribution in [-0.2, 0) is 0 Å². The molecule has 1 N–H and O–H groups in total. The van der Waals surface area contributed by atoms with Gasteiger partial charge in [0.1, 0.15) is 5.75 Å². The monoisotopic (exact) mass is 286 g/mol. The van der Waals surface area contributed by atoms with E-state index in [0.29, 0.717) is 5.88 Å². The van der Waals surface area contributed by atoms with E-state index in [2.05, 4.69) is 36.3 Å². The van der Waals surface area contributed by atoms with Crippen molar-refractivity contribution >= 4 is 5.69 Å². The molecule has 2 aromatic rings. The molecule has 0 fully saturated rings. The molecule has 4 heteroatoms. The second-order valence-electron chi connectivity index (χ2n) is 4.84. The number of pyridine rings is 1. The Balaban J connectivity index is 2.04. The van der Waals surface area contributed by atoms with Gasteiger partial charge < -0.3 is 14.8 Å². The van der Waals surface area contributed by atoms with E-state index in [9.17, 15) is 0 Å². The van der Waals surface area contributed by atoms with Crippen LogP contribution >= 0.6 is 0 Å². The highest BCUT2D eigenvalue weighted by molar-refractivity contribution is 5.53. The molecule has 1 atom stereocenters. The number of anilines is 1. The molecule has 0 saturated heterocycles. The standard InChI is InChI=1S/C17H22N2O2/c1-4-12-21-15-9-7-14(8-10-15)13(2)19-16-6-5-11-18-17(16)20-3/h5-11,13,19H,4,12H2,1-3H3. The van der Waals surface area contributed by atoms with Gasteiger partial charge in [-0.15, -0.1) is 0 Å². The first-order valence-electron chi connectivity index (χ1n) is 7.23. The zero-order valence-electron chi connectivity index (χ0n) is 12.8. The number of benzene rings is 1. The fourth-order valence-corrected chi connectivity index (χ4v) is 2.05. The molecule has 21 heavy (non-hydrogen) atoms. The van der Waals surface area contributed by atoms with E-state index in [4.69, 9.17) is 9.47 Å². The van der Waals surface area contributed by atoms with Gasteiger partial charge in [0.25, 0.3) is 0 Å². The number of nitrogens with one attached hydrogen (secondary N) is 1. The summed E-state index contributed by atoms with van der Waals surface area (Å²) in [5.41, 5.74) is 2.07. The Morgan fingerprint density at radius 3 is 2.62 bits per heavy atom. The van der Waals surface area contributed by atoms with E-state index in [0.717, 1.165) is 24.5 Å². The normalized spacial score (nSPS) is 11.8. The minimum absolute atomic E-state index is 0.156. The van der Waals surface area contributed by atoms with E-state index in [1.54, 1.807) is 13.3 Å². The third-order valence-electron chi connectivity index (χ3n) is 3.19. The van der Waals surface area contributed by atoms with Crippen molar-refractivity contribution in [3.63, 3.8) is 0 Å². The second-order valence-corrected chi connectivity index (χ2v) is 4.84. The van der Waals surface area contributed by atoms with Crippen molar-refractivity contribution in [1.29, 1.82) is 0 Å². The summed E-state index contributed by atoms with van der Waals surface area (Å²) >= 11 is 0. The molecule has 0 aliphatic carbocycles. The van der Waals surface area contributed by atoms with Crippen molar-refractivity contribution in [2.45, 2.75) is 26.3 Å². The van der Waals surface area contributed by atoms with Crippen molar-refractivity contribution in [3.8, 4) is 11.6 Å². The Hall–Kier alpha value is -2.23. The van der Waals surface area contributed by atoms with Crippen LogP contribution in [-0.4, -0.2) is 18.7 Å². The van der Waals surface area contributed by atoms with Gasteiger partial charge >= 0.3 is 0 Å². The fraction of sp³-hybridized carbons (Fsp3) is 0.353. The van der Waals surface area contributed by atoms with Gasteiger partial charge in [0, 0.05) is 12.2 Å². The van der Waals surface area contributed by atoms with Crippen LogP contribution in [0, 0.1) is 0 Å². The SMILES string of the molecule is CCCOc1ccc(C(C)Nc2cccnc2OC)cc1. The number of hydrogen-bond donors (Lipinski definition) is 1. The molecule has 0 bridgehead atoms. The van der Waals surface area contributed by atoms with Gasteiger partial charge in [-0.3, -0.25) is 0 Å². The van der Waals surface area contributed by atoms with Crippen molar-refractivity contribution in [1.82, 2.24) is 4.98 Å². The predicted molar refractivity (Wildman–Crippen MR) is 85.1 cm³/mol. The molecule has 0 amide bonds. The number of nitrogens with zero attached hydrogens (tertiary/aromatic N) is 1. The largest absolute Gasteiger partial charge is 0.494 e. The molecule has 1 heterocycles. The number of aromatic nitrogens is 1. The molecule has 0 saturated carbocycles. The minimum Gasteiger partial charge on any atom is -0.494 e. The minimum atomic E-state index is 0.156. The van der Waals surface area contributed by atoms with E-state index < -0.39 is 0 Å². The quantitative estimate of drug-likeness (QED) is 0.834. The lowest BCUT2D eigenvalue weighted by Crippen LogP contribution is -2.08. The molecule has 1 unspecified atom stereocenters. The molecule has 1 aromatic heterocycles. The Labute approximate surface area is 126 Å². The van der Waals surface area contributed by atoms with Crippen LogP contribution in [0.4, 0.5) is 5.69 Å². The van der Waals surface area contributed by atoms with Crippen molar-refractivity contribution in [2.24, 2.45) is 0 Å². The average molecular weight is 286 g/mol. The van der Waals surface area contributed by atoms with Crippen LogP contribution in [0.1, 0.15) is 31.9 Å². The molecule has 0 aliphatic heterocycles. The molecular weight excluding hydrogens is 264 g/mol. The first-order valence-corrected chi connectivity index (χ1v) is 7.23. The van der Waals surface area contributed by atoms with E-state index >= 15 is 0 Å². The third kappa shape index (κ3) is 4.12.